The van der Waals surface area contributed by atoms with Crippen molar-refractivity contribution < 1.29 is 13.2 Å². The largest absolute Gasteiger partial charge is 0.339 e. The third kappa shape index (κ3) is 4.42. The number of benzene rings is 1. The standard InChI is InChI=1S/C19H28N2O3S/c1-20(18-7-3-4-8-18)19(22)17-11-9-16(10-12-17)15-25(23,24)21-13-5-2-6-14-21/h9-12,18H,2-8,13-15H2,1H3. The summed E-state index contributed by atoms with van der Waals surface area (Å²) in [5.41, 5.74) is 1.37. The molecule has 2 aliphatic rings. The lowest BCUT2D eigenvalue weighted by atomic mass is 10.1. The van der Waals surface area contributed by atoms with E-state index in [1.54, 1.807) is 28.6 Å². The second kappa shape index (κ2) is 7.87. The Hall–Kier alpha value is -1.40. The van der Waals surface area contributed by atoms with Crippen LogP contribution in [0.5, 0.6) is 0 Å². The zero-order chi connectivity index (χ0) is 17.9. The van der Waals surface area contributed by atoms with Gasteiger partial charge in [-0.05, 0) is 43.4 Å². The minimum absolute atomic E-state index is 0.0138. The van der Waals surface area contributed by atoms with Crippen LogP contribution in [-0.4, -0.2) is 49.7 Å². The van der Waals surface area contributed by atoms with Crippen LogP contribution < -0.4 is 0 Å². The summed E-state index contributed by atoms with van der Waals surface area (Å²) in [6.45, 7) is 1.26. The summed E-state index contributed by atoms with van der Waals surface area (Å²) < 4.78 is 26.6. The molecule has 0 spiro atoms. The Morgan fingerprint density at radius 3 is 2.24 bits per heavy atom. The van der Waals surface area contributed by atoms with Gasteiger partial charge in [0.05, 0.1) is 5.75 Å². The van der Waals surface area contributed by atoms with Crippen LogP contribution in [0.4, 0.5) is 0 Å². The number of sulfonamides is 1. The van der Waals surface area contributed by atoms with Gasteiger partial charge >= 0.3 is 0 Å². The van der Waals surface area contributed by atoms with Crippen LogP contribution in [-0.2, 0) is 15.8 Å². The van der Waals surface area contributed by atoms with Crippen LogP contribution in [0.3, 0.4) is 0 Å². The Kier molecular flexibility index (Phi) is 5.79. The second-order valence-electron chi connectivity index (χ2n) is 7.27. The summed E-state index contributed by atoms with van der Waals surface area (Å²) in [6.07, 6.45) is 7.53. The van der Waals surface area contributed by atoms with Gasteiger partial charge in [0.15, 0.2) is 0 Å². The molecule has 3 rings (SSSR count). The molecule has 25 heavy (non-hydrogen) atoms. The summed E-state index contributed by atoms with van der Waals surface area (Å²) in [6, 6.07) is 7.41. The van der Waals surface area contributed by atoms with Crippen LogP contribution in [0, 0.1) is 0 Å². The maximum Gasteiger partial charge on any atom is 0.253 e. The Balaban J connectivity index is 1.64. The van der Waals surface area contributed by atoms with Crippen molar-refractivity contribution in [1.29, 1.82) is 0 Å². The van der Waals surface area contributed by atoms with Crippen molar-refractivity contribution in [3.05, 3.63) is 35.4 Å². The maximum absolute atomic E-state index is 12.6. The van der Waals surface area contributed by atoms with Crippen LogP contribution in [0.25, 0.3) is 0 Å². The Morgan fingerprint density at radius 2 is 1.64 bits per heavy atom. The number of piperidine rings is 1. The predicted molar refractivity (Wildman–Crippen MR) is 98.8 cm³/mol. The van der Waals surface area contributed by atoms with Crippen molar-refractivity contribution in [3.8, 4) is 0 Å². The Labute approximate surface area is 151 Å². The molecule has 1 heterocycles. The van der Waals surface area contributed by atoms with E-state index in [1.807, 2.05) is 11.9 Å². The Morgan fingerprint density at radius 1 is 1.04 bits per heavy atom. The first kappa shape index (κ1) is 18.4. The van der Waals surface area contributed by atoms with E-state index in [4.69, 9.17) is 0 Å². The normalized spacial score (nSPS) is 19.9. The predicted octanol–water partition coefficient (Wildman–Crippen LogP) is 3.02. The molecule has 1 aromatic carbocycles. The van der Waals surface area contributed by atoms with Gasteiger partial charge in [-0.2, -0.15) is 0 Å². The highest BCUT2D eigenvalue weighted by atomic mass is 32.2. The van der Waals surface area contributed by atoms with Gasteiger partial charge in [0.25, 0.3) is 5.91 Å². The van der Waals surface area contributed by atoms with E-state index in [-0.39, 0.29) is 11.7 Å². The summed E-state index contributed by atoms with van der Waals surface area (Å²) in [4.78, 5) is 14.4. The molecule has 1 aromatic rings. The van der Waals surface area contributed by atoms with E-state index >= 15 is 0 Å². The first-order chi connectivity index (χ1) is 12.0. The van der Waals surface area contributed by atoms with Gasteiger partial charge in [-0.3, -0.25) is 4.79 Å². The molecule has 1 saturated carbocycles. The van der Waals surface area contributed by atoms with Crippen molar-refractivity contribution in [1.82, 2.24) is 9.21 Å². The summed E-state index contributed by atoms with van der Waals surface area (Å²) in [5, 5.41) is 0. The average molecular weight is 365 g/mol. The first-order valence-corrected chi connectivity index (χ1v) is 10.9. The zero-order valence-corrected chi connectivity index (χ0v) is 15.8. The molecular weight excluding hydrogens is 336 g/mol. The molecule has 6 heteroatoms. The van der Waals surface area contributed by atoms with Crippen molar-refractivity contribution in [3.63, 3.8) is 0 Å². The molecule has 2 fully saturated rings. The summed E-state index contributed by atoms with van der Waals surface area (Å²) in [7, 11) is -1.39. The summed E-state index contributed by atoms with van der Waals surface area (Å²) >= 11 is 0. The van der Waals surface area contributed by atoms with Gasteiger partial charge in [0.2, 0.25) is 10.0 Å². The van der Waals surface area contributed by atoms with E-state index in [2.05, 4.69) is 0 Å². The molecule has 0 N–H and O–H groups in total. The number of nitrogens with zero attached hydrogens (tertiary/aromatic N) is 2. The molecule has 5 nitrogen and oxygen atoms in total. The van der Waals surface area contributed by atoms with Gasteiger partial charge in [-0.25, -0.2) is 12.7 Å². The lowest BCUT2D eigenvalue weighted by Crippen LogP contribution is -2.36. The average Bonchev–Trinajstić information content (AvgIpc) is 3.16. The highest BCUT2D eigenvalue weighted by Gasteiger charge is 2.26. The zero-order valence-electron chi connectivity index (χ0n) is 15.0. The summed E-state index contributed by atoms with van der Waals surface area (Å²) in [5.74, 6) is 0.0391. The second-order valence-corrected chi connectivity index (χ2v) is 9.24. The number of rotatable bonds is 5. The van der Waals surface area contributed by atoms with Crippen molar-refractivity contribution >= 4 is 15.9 Å². The molecule has 0 radical (unpaired) electrons. The van der Waals surface area contributed by atoms with Gasteiger partial charge in [-0.1, -0.05) is 31.4 Å². The molecule has 1 aliphatic heterocycles. The van der Waals surface area contributed by atoms with Crippen LogP contribution in [0.2, 0.25) is 0 Å². The van der Waals surface area contributed by atoms with Crippen LogP contribution in [0.15, 0.2) is 24.3 Å². The molecular formula is C19H28N2O3S. The number of carbonyl (C=O) groups excluding carboxylic acids is 1. The van der Waals surface area contributed by atoms with E-state index in [0.29, 0.717) is 24.7 Å². The molecule has 0 aromatic heterocycles. The smallest absolute Gasteiger partial charge is 0.253 e. The van der Waals surface area contributed by atoms with Gasteiger partial charge in [-0.15, -0.1) is 0 Å². The number of hydrogen-bond acceptors (Lipinski definition) is 3. The molecule has 138 valence electrons. The van der Waals surface area contributed by atoms with Gasteiger partial charge in [0, 0.05) is 31.7 Å². The highest BCUT2D eigenvalue weighted by molar-refractivity contribution is 7.88. The van der Waals surface area contributed by atoms with E-state index in [0.717, 1.165) is 37.7 Å². The number of carbonyl (C=O) groups is 1. The fraction of sp³-hybridized carbons (Fsp3) is 0.632. The maximum atomic E-state index is 12.6. The Bertz CT molecular complexity index is 688. The lowest BCUT2D eigenvalue weighted by molar-refractivity contribution is 0.0735. The van der Waals surface area contributed by atoms with Crippen LogP contribution in [0.1, 0.15) is 60.9 Å². The number of hydrogen-bond donors (Lipinski definition) is 0. The van der Waals surface area contributed by atoms with E-state index in [9.17, 15) is 13.2 Å². The monoisotopic (exact) mass is 364 g/mol. The minimum atomic E-state index is -3.26. The van der Waals surface area contributed by atoms with Gasteiger partial charge < -0.3 is 4.90 Å². The molecule has 0 atom stereocenters. The fourth-order valence-corrected chi connectivity index (χ4v) is 5.46. The molecule has 1 aliphatic carbocycles. The molecule has 1 saturated heterocycles. The molecule has 0 unspecified atom stereocenters. The fourth-order valence-electron chi connectivity index (χ4n) is 3.85. The highest BCUT2D eigenvalue weighted by Crippen LogP contribution is 2.24. The van der Waals surface area contributed by atoms with Crippen molar-refractivity contribution in [2.75, 3.05) is 20.1 Å². The number of amides is 1. The lowest BCUT2D eigenvalue weighted by Gasteiger charge is -2.26. The van der Waals surface area contributed by atoms with Crippen molar-refractivity contribution in [2.24, 2.45) is 0 Å². The quantitative estimate of drug-likeness (QED) is 0.807. The minimum Gasteiger partial charge on any atom is -0.339 e. The van der Waals surface area contributed by atoms with E-state index in [1.165, 1.54) is 12.8 Å². The van der Waals surface area contributed by atoms with Crippen molar-refractivity contribution in [2.45, 2.75) is 56.7 Å². The third-order valence-electron chi connectivity index (χ3n) is 5.45. The first-order valence-electron chi connectivity index (χ1n) is 9.31. The third-order valence-corrected chi connectivity index (χ3v) is 7.30. The van der Waals surface area contributed by atoms with Crippen LogP contribution >= 0.6 is 0 Å². The van der Waals surface area contributed by atoms with E-state index < -0.39 is 10.0 Å². The molecule has 1 amide bonds. The van der Waals surface area contributed by atoms with Gasteiger partial charge in [0.1, 0.15) is 0 Å². The SMILES string of the molecule is CN(C(=O)c1ccc(CS(=O)(=O)N2CCCCC2)cc1)C1CCCC1. The topological polar surface area (TPSA) is 57.7 Å². The molecule has 0 bridgehead atoms.